The zero-order chi connectivity index (χ0) is 17.5. The fourth-order valence-corrected chi connectivity index (χ4v) is 2.27. The van der Waals surface area contributed by atoms with Gasteiger partial charge in [0.1, 0.15) is 5.75 Å². The van der Waals surface area contributed by atoms with Gasteiger partial charge in [-0.2, -0.15) is 0 Å². The highest BCUT2D eigenvalue weighted by Crippen LogP contribution is 2.15. The lowest BCUT2D eigenvalue weighted by Crippen LogP contribution is -2.45. The van der Waals surface area contributed by atoms with Gasteiger partial charge in [-0.1, -0.05) is 6.07 Å². The summed E-state index contributed by atoms with van der Waals surface area (Å²) in [6, 6.07) is 13.5. The lowest BCUT2D eigenvalue weighted by Gasteiger charge is -2.15. The molecule has 0 saturated carbocycles. The highest BCUT2D eigenvalue weighted by atomic mass is 32.1. The Hall–Kier alpha value is -2.38. The van der Waals surface area contributed by atoms with Crippen molar-refractivity contribution >= 4 is 46.0 Å². The van der Waals surface area contributed by atoms with E-state index in [9.17, 15) is 0 Å². The van der Waals surface area contributed by atoms with Gasteiger partial charge in [0.15, 0.2) is 10.2 Å². The van der Waals surface area contributed by atoms with Crippen LogP contribution in [0.5, 0.6) is 5.75 Å². The fraction of sp³-hybridized carbons (Fsp3) is 0.176. The number of hydrazine groups is 1. The summed E-state index contributed by atoms with van der Waals surface area (Å²) in [7, 11) is 1.63. The molecule has 0 amide bonds. The summed E-state index contributed by atoms with van der Waals surface area (Å²) in [4.78, 5) is 0. The number of rotatable bonds is 3. The van der Waals surface area contributed by atoms with Crippen LogP contribution in [0.4, 0.5) is 11.4 Å². The second kappa shape index (κ2) is 8.47. The maximum atomic E-state index is 5.24. The van der Waals surface area contributed by atoms with Gasteiger partial charge >= 0.3 is 0 Å². The first-order valence-corrected chi connectivity index (χ1v) is 8.15. The van der Waals surface area contributed by atoms with Gasteiger partial charge in [-0.15, -0.1) is 0 Å². The molecule has 0 radical (unpaired) electrons. The Bertz CT molecular complexity index is 732. The van der Waals surface area contributed by atoms with Crippen LogP contribution in [0.2, 0.25) is 0 Å². The molecule has 0 heterocycles. The predicted molar refractivity (Wildman–Crippen MR) is 108 cm³/mol. The third kappa shape index (κ3) is 5.36. The zero-order valence-electron chi connectivity index (χ0n) is 13.8. The number of benzene rings is 2. The second-order valence-corrected chi connectivity index (χ2v) is 6.00. The highest BCUT2D eigenvalue weighted by molar-refractivity contribution is 7.81. The molecule has 0 saturated heterocycles. The minimum absolute atomic E-state index is 0.407. The van der Waals surface area contributed by atoms with Crippen molar-refractivity contribution in [3.63, 3.8) is 0 Å². The van der Waals surface area contributed by atoms with E-state index in [4.69, 9.17) is 29.2 Å². The van der Waals surface area contributed by atoms with E-state index in [1.807, 2.05) is 42.5 Å². The maximum absolute atomic E-state index is 5.24. The van der Waals surface area contributed by atoms with Crippen LogP contribution in [0.25, 0.3) is 0 Å². The largest absolute Gasteiger partial charge is 0.497 e. The number of nitrogens with one attached hydrogen (secondary N) is 4. The van der Waals surface area contributed by atoms with Crippen LogP contribution in [0, 0.1) is 13.8 Å². The van der Waals surface area contributed by atoms with E-state index in [1.54, 1.807) is 7.11 Å². The number of aryl methyl sites for hydroxylation is 2. The molecule has 126 valence electrons. The van der Waals surface area contributed by atoms with E-state index in [0.717, 1.165) is 17.1 Å². The molecule has 24 heavy (non-hydrogen) atoms. The van der Waals surface area contributed by atoms with E-state index in [0.29, 0.717) is 10.2 Å². The molecule has 0 aliphatic heterocycles. The van der Waals surface area contributed by atoms with Crippen molar-refractivity contribution in [1.29, 1.82) is 0 Å². The van der Waals surface area contributed by atoms with Gasteiger partial charge in [0.05, 0.1) is 7.11 Å². The molecule has 0 spiro atoms. The number of methoxy groups -OCH3 is 1. The molecule has 0 aliphatic carbocycles. The molecular formula is C17H20N4OS2. The number of hydrogen-bond acceptors (Lipinski definition) is 3. The van der Waals surface area contributed by atoms with E-state index >= 15 is 0 Å². The zero-order valence-corrected chi connectivity index (χ0v) is 15.4. The monoisotopic (exact) mass is 360 g/mol. The van der Waals surface area contributed by atoms with E-state index < -0.39 is 0 Å². The molecule has 0 aromatic heterocycles. The molecule has 0 aliphatic rings. The first-order valence-electron chi connectivity index (χ1n) is 7.33. The van der Waals surface area contributed by atoms with Crippen LogP contribution in [-0.4, -0.2) is 17.3 Å². The van der Waals surface area contributed by atoms with Crippen LogP contribution in [0.1, 0.15) is 11.1 Å². The van der Waals surface area contributed by atoms with Crippen LogP contribution >= 0.6 is 24.4 Å². The Morgan fingerprint density at radius 3 is 1.88 bits per heavy atom. The Labute approximate surface area is 152 Å². The van der Waals surface area contributed by atoms with Gasteiger partial charge in [0.2, 0.25) is 0 Å². The predicted octanol–water partition coefficient (Wildman–Crippen LogP) is 3.50. The number of ether oxygens (including phenoxy) is 1. The standard InChI is InChI=1S/C17H20N4OS2/c1-11-4-5-14(10-12(11)2)19-17(24)21-20-16(23)18-13-6-8-15(22-3)9-7-13/h4-10H,1-3H3,(H2,18,20,23)(H2,19,21,24). The molecule has 0 atom stereocenters. The number of thiocarbonyl (C=S) groups is 2. The molecular weight excluding hydrogens is 340 g/mol. The molecule has 4 N–H and O–H groups in total. The SMILES string of the molecule is COc1ccc(NC(=S)NNC(=S)Nc2ccc(C)c(C)c2)cc1. The molecule has 5 nitrogen and oxygen atoms in total. The van der Waals surface area contributed by atoms with Gasteiger partial charge in [-0.05, 0) is 85.8 Å². The van der Waals surface area contributed by atoms with Crippen molar-refractivity contribution in [3.8, 4) is 5.75 Å². The molecule has 0 bridgehead atoms. The first kappa shape index (κ1) is 18.0. The lowest BCUT2D eigenvalue weighted by molar-refractivity contribution is 0.415. The summed E-state index contributed by atoms with van der Waals surface area (Å²) in [6.45, 7) is 4.13. The number of hydrogen-bond donors (Lipinski definition) is 4. The normalized spacial score (nSPS) is 9.79. The summed E-state index contributed by atoms with van der Waals surface area (Å²) in [5.41, 5.74) is 9.90. The Morgan fingerprint density at radius 1 is 0.792 bits per heavy atom. The van der Waals surface area contributed by atoms with Gasteiger partial charge in [0.25, 0.3) is 0 Å². The second-order valence-electron chi connectivity index (χ2n) is 5.19. The third-order valence-corrected chi connectivity index (χ3v) is 3.81. The van der Waals surface area contributed by atoms with Crippen LogP contribution < -0.4 is 26.2 Å². The smallest absolute Gasteiger partial charge is 0.189 e. The van der Waals surface area contributed by atoms with Crippen molar-refractivity contribution in [2.75, 3.05) is 17.7 Å². The van der Waals surface area contributed by atoms with Crippen molar-refractivity contribution in [2.24, 2.45) is 0 Å². The molecule has 0 fully saturated rings. The summed E-state index contributed by atoms with van der Waals surface area (Å²) < 4.78 is 5.11. The van der Waals surface area contributed by atoms with Gasteiger partial charge in [-0.3, -0.25) is 10.9 Å². The van der Waals surface area contributed by atoms with Crippen molar-refractivity contribution in [3.05, 3.63) is 53.6 Å². The minimum Gasteiger partial charge on any atom is -0.497 e. The molecule has 2 rings (SSSR count). The number of anilines is 2. The van der Waals surface area contributed by atoms with Crippen molar-refractivity contribution in [1.82, 2.24) is 10.9 Å². The van der Waals surface area contributed by atoms with Crippen LogP contribution in [0.3, 0.4) is 0 Å². The van der Waals surface area contributed by atoms with Gasteiger partial charge in [-0.25, -0.2) is 0 Å². The van der Waals surface area contributed by atoms with E-state index in [-0.39, 0.29) is 0 Å². The molecule has 2 aromatic carbocycles. The molecule has 7 heteroatoms. The molecule has 2 aromatic rings. The van der Waals surface area contributed by atoms with Crippen molar-refractivity contribution in [2.45, 2.75) is 13.8 Å². The summed E-state index contributed by atoms with van der Waals surface area (Å²) >= 11 is 10.5. The first-order chi connectivity index (χ1) is 11.5. The summed E-state index contributed by atoms with van der Waals surface area (Å²) in [5, 5.41) is 6.98. The Balaban J connectivity index is 1.79. The Morgan fingerprint density at radius 2 is 1.33 bits per heavy atom. The summed E-state index contributed by atoms with van der Waals surface area (Å²) in [5.74, 6) is 0.788. The quantitative estimate of drug-likeness (QED) is 0.494. The summed E-state index contributed by atoms with van der Waals surface area (Å²) in [6.07, 6.45) is 0. The maximum Gasteiger partial charge on any atom is 0.189 e. The van der Waals surface area contributed by atoms with E-state index in [2.05, 4.69) is 35.3 Å². The average molecular weight is 361 g/mol. The third-order valence-electron chi connectivity index (χ3n) is 3.40. The van der Waals surface area contributed by atoms with Crippen LogP contribution in [0.15, 0.2) is 42.5 Å². The fourth-order valence-electron chi connectivity index (χ4n) is 1.93. The van der Waals surface area contributed by atoms with Gasteiger partial charge < -0.3 is 15.4 Å². The highest BCUT2D eigenvalue weighted by Gasteiger charge is 2.01. The van der Waals surface area contributed by atoms with Gasteiger partial charge in [0, 0.05) is 11.4 Å². The molecule has 0 unspecified atom stereocenters. The average Bonchev–Trinajstić information content (AvgIpc) is 2.57. The topological polar surface area (TPSA) is 57.4 Å². The minimum atomic E-state index is 0.407. The lowest BCUT2D eigenvalue weighted by atomic mass is 10.1. The Kier molecular flexibility index (Phi) is 6.34. The van der Waals surface area contributed by atoms with Crippen molar-refractivity contribution < 1.29 is 4.74 Å². The van der Waals surface area contributed by atoms with E-state index in [1.165, 1.54) is 11.1 Å². The van der Waals surface area contributed by atoms with Crippen LogP contribution in [-0.2, 0) is 0 Å².